The number of rotatable bonds is 6. The molecule has 0 saturated heterocycles. The standard InChI is InChI=1S/C35H32N2/c1-3-5-15-26-28-17-22-11-7-9-13-24(22)19-32(28)36-34-30(26)21-31-27(16-6-4-2)29-18-23-12-8-10-14-25(23)20-33(29)37-35(31)34/h7-14,17-20H,3-6,15-16,21H2,1-2H3. The highest BCUT2D eigenvalue weighted by atomic mass is 14.8. The average molecular weight is 481 g/mol. The number of nitrogens with zero attached hydrogens (tertiary/aromatic N) is 2. The molecule has 1 aliphatic rings. The van der Waals surface area contributed by atoms with Crippen LogP contribution in [-0.4, -0.2) is 9.97 Å². The quantitative estimate of drug-likeness (QED) is 0.222. The first-order valence-electron chi connectivity index (χ1n) is 13.9. The lowest BCUT2D eigenvalue weighted by Crippen LogP contribution is -1.99. The van der Waals surface area contributed by atoms with Gasteiger partial charge in [-0.15, -0.1) is 0 Å². The van der Waals surface area contributed by atoms with Crippen molar-refractivity contribution in [2.75, 3.05) is 0 Å². The van der Waals surface area contributed by atoms with Crippen molar-refractivity contribution < 1.29 is 0 Å². The van der Waals surface area contributed by atoms with E-state index in [4.69, 9.17) is 9.97 Å². The SMILES string of the molecule is CCCCc1c2c(nc3cc4ccccc4cc13)-c1nc3cc4ccccc4cc3c(CCCC)c1C2. The normalized spacial score (nSPS) is 12.6. The Labute approximate surface area is 218 Å². The Hall–Kier alpha value is -3.78. The number of pyridine rings is 2. The van der Waals surface area contributed by atoms with E-state index in [2.05, 4.69) is 86.6 Å². The molecule has 0 atom stereocenters. The summed E-state index contributed by atoms with van der Waals surface area (Å²) in [5, 5.41) is 7.74. The minimum Gasteiger partial charge on any atom is -0.246 e. The predicted molar refractivity (Wildman–Crippen MR) is 158 cm³/mol. The highest BCUT2D eigenvalue weighted by Crippen LogP contribution is 2.44. The topological polar surface area (TPSA) is 25.8 Å². The van der Waals surface area contributed by atoms with Gasteiger partial charge in [0.1, 0.15) is 0 Å². The van der Waals surface area contributed by atoms with Crippen molar-refractivity contribution in [3.8, 4) is 11.4 Å². The van der Waals surface area contributed by atoms with Crippen LogP contribution in [0, 0.1) is 0 Å². The monoisotopic (exact) mass is 480 g/mol. The summed E-state index contributed by atoms with van der Waals surface area (Å²) in [5.74, 6) is 0. The molecule has 7 rings (SSSR count). The Morgan fingerprint density at radius 1 is 0.568 bits per heavy atom. The molecule has 2 heteroatoms. The van der Waals surface area contributed by atoms with E-state index in [0.717, 1.165) is 41.7 Å². The predicted octanol–water partition coefficient (Wildman–Crippen LogP) is 9.35. The summed E-state index contributed by atoms with van der Waals surface area (Å²) in [7, 11) is 0. The number of unbranched alkanes of at least 4 members (excludes halogenated alkanes) is 2. The third kappa shape index (κ3) is 3.62. The van der Waals surface area contributed by atoms with Crippen LogP contribution in [-0.2, 0) is 19.3 Å². The van der Waals surface area contributed by atoms with Crippen LogP contribution in [0.25, 0.3) is 54.7 Å². The molecule has 0 aliphatic heterocycles. The second-order valence-corrected chi connectivity index (χ2v) is 10.7. The molecule has 37 heavy (non-hydrogen) atoms. The number of hydrogen-bond acceptors (Lipinski definition) is 2. The molecule has 182 valence electrons. The summed E-state index contributed by atoms with van der Waals surface area (Å²) < 4.78 is 0. The first-order chi connectivity index (χ1) is 18.2. The van der Waals surface area contributed by atoms with Gasteiger partial charge < -0.3 is 0 Å². The van der Waals surface area contributed by atoms with Crippen molar-refractivity contribution in [3.63, 3.8) is 0 Å². The van der Waals surface area contributed by atoms with Crippen LogP contribution in [0.5, 0.6) is 0 Å². The number of aromatic nitrogens is 2. The van der Waals surface area contributed by atoms with Gasteiger partial charge in [-0.25, -0.2) is 9.97 Å². The Morgan fingerprint density at radius 3 is 1.38 bits per heavy atom. The Bertz CT molecular complexity index is 1690. The molecule has 2 aromatic heterocycles. The van der Waals surface area contributed by atoms with Crippen molar-refractivity contribution in [1.29, 1.82) is 0 Å². The van der Waals surface area contributed by atoms with Gasteiger partial charge in [0.15, 0.2) is 0 Å². The van der Waals surface area contributed by atoms with Crippen molar-refractivity contribution >= 4 is 43.4 Å². The lowest BCUT2D eigenvalue weighted by atomic mass is 9.92. The van der Waals surface area contributed by atoms with E-state index < -0.39 is 0 Å². The molecule has 1 aliphatic carbocycles. The van der Waals surface area contributed by atoms with Gasteiger partial charge in [0, 0.05) is 17.2 Å². The fourth-order valence-electron chi connectivity index (χ4n) is 6.34. The lowest BCUT2D eigenvalue weighted by molar-refractivity contribution is 0.788. The highest BCUT2D eigenvalue weighted by Gasteiger charge is 2.29. The van der Waals surface area contributed by atoms with Gasteiger partial charge in [-0.3, -0.25) is 0 Å². The van der Waals surface area contributed by atoms with E-state index >= 15 is 0 Å². The highest BCUT2D eigenvalue weighted by molar-refractivity contribution is 6.02. The van der Waals surface area contributed by atoms with Crippen LogP contribution in [0.1, 0.15) is 61.8 Å². The molecule has 0 amide bonds. The van der Waals surface area contributed by atoms with Gasteiger partial charge in [0.25, 0.3) is 0 Å². The second kappa shape index (κ2) is 8.95. The first kappa shape index (κ1) is 22.4. The largest absolute Gasteiger partial charge is 0.246 e. The Kier molecular flexibility index (Phi) is 5.43. The fraction of sp³-hybridized carbons (Fsp3) is 0.257. The number of aryl methyl sites for hydroxylation is 2. The third-order valence-corrected chi connectivity index (χ3v) is 8.28. The maximum atomic E-state index is 5.34. The second-order valence-electron chi connectivity index (χ2n) is 10.7. The fourth-order valence-corrected chi connectivity index (χ4v) is 6.34. The van der Waals surface area contributed by atoms with Gasteiger partial charge in [-0.1, -0.05) is 75.2 Å². The summed E-state index contributed by atoms with van der Waals surface area (Å²) >= 11 is 0. The average Bonchev–Trinajstić information content (AvgIpc) is 3.29. The van der Waals surface area contributed by atoms with E-state index in [1.807, 2.05) is 0 Å². The molecule has 0 N–H and O–H groups in total. The van der Waals surface area contributed by atoms with Crippen molar-refractivity contribution in [2.45, 2.75) is 58.8 Å². The van der Waals surface area contributed by atoms with Gasteiger partial charge in [-0.05, 0) is 93.7 Å². The van der Waals surface area contributed by atoms with E-state index in [0.29, 0.717) is 0 Å². The Balaban J connectivity index is 1.53. The summed E-state index contributed by atoms with van der Waals surface area (Å²) in [6.45, 7) is 4.57. The summed E-state index contributed by atoms with van der Waals surface area (Å²) in [6, 6.07) is 26.7. The molecule has 2 nitrogen and oxygen atoms in total. The van der Waals surface area contributed by atoms with Crippen molar-refractivity contribution in [2.24, 2.45) is 0 Å². The van der Waals surface area contributed by atoms with E-state index in [-0.39, 0.29) is 0 Å². The summed E-state index contributed by atoms with van der Waals surface area (Å²) in [4.78, 5) is 10.7. The van der Waals surface area contributed by atoms with Crippen LogP contribution in [0.2, 0.25) is 0 Å². The van der Waals surface area contributed by atoms with Crippen LogP contribution in [0.15, 0.2) is 72.8 Å². The molecular weight excluding hydrogens is 448 g/mol. The van der Waals surface area contributed by atoms with Crippen LogP contribution in [0.3, 0.4) is 0 Å². The van der Waals surface area contributed by atoms with Crippen molar-refractivity contribution in [1.82, 2.24) is 9.97 Å². The van der Waals surface area contributed by atoms with Crippen LogP contribution in [0.4, 0.5) is 0 Å². The first-order valence-corrected chi connectivity index (χ1v) is 13.9. The lowest BCUT2D eigenvalue weighted by Gasteiger charge is -2.13. The number of benzene rings is 4. The molecule has 0 unspecified atom stereocenters. The van der Waals surface area contributed by atoms with Crippen molar-refractivity contribution in [3.05, 3.63) is 95.1 Å². The maximum absolute atomic E-state index is 5.34. The molecule has 4 aromatic carbocycles. The number of hydrogen-bond donors (Lipinski definition) is 0. The molecular formula is C35H32N2. The zero-order chi connectivity index (χ0) is 24.9. The van der Waals surface area contributed by atoms with Crippen LogP contribution >= 0.6 is 0 Å². The third-order valence-electron chi connectivity index (χ3n) is 8.28. The number of fused-ring (bicyclic) bond motifs is 7. The van der Waals surface area contributed by atoms with Crippen LogP contribution < -0.4 is 0 Å². The zero-order valence-corrected chi connectivity index (χ0v) is 21.8. The van der Waals surface area contributed by atoms with Gasteiger partial charge in [0.2, 0.25) is 0 Å². The van der Waals surface area contributed by atoms with E-state index in [1.54, 1.807) is 0 Å². The molecule has 6 aromatic rings. The molecule has 0 radical (unpaired) electrons. The molecule has 0 fully saturated rings. The van der Waals surface area contributed by atoms with E-state index in [9.17, 15) is 0 Å². The molecule has 0 saturated carbocycles. The summed E-state index contributed by atoms with van der Waals surface area (Å²) in [5.41, 5.74) is 10.3. The minimum absolute atomic E-state index is 0.953. The van der Waals surface area contributed by atoms with E-state index in [1.165, 1.54) is 80.3 Å². The molecule has 0 bridgehead atoms. The molecule has 2 heterocycles. The smallest absolute Gasteiger partial charge is 0.0935 e. The van der Waals surface area contributed by atoms with Gasteiger partial charge >= 0.3 is 0 Å². The summed E-state index contributed by atoms with van der Waals surface area (Å²) in [6.07, 6.45) is 7.91. The Morgan fingerprint density at radius 2 is 0.973 bits per heavy atom. The minimum atomic E-state index is 0.953. The molecule has 0 spiro atoms. The zero-order valence-electron chi connectivity index (χ0n) is 21.8. The van der Waals surface area contributed by atoms with Gasteiger partial charge in [0.05, 0.1) is 22.4 Å². The maximum Gasteiger partial charge on any atom is 0.0935 e. The van der Waals surface area contributed by atoms with Gasteiger partial charge in [-0.2, -0.15) is 0 Å².